The molecule has 0 atom stereocenters. The van der Waals surface area contributed by atoms with Crippen LogP contribution in [0.3, 0.4) is 0 Å². The largest absolute Gasteiger partial charge is 0.384 e. The van der Waals surface area contributed by atoms with E-state index in [-0.39, 0.29) is 30.3 Å². The quantitative estimate of drug-likeness (QED) is 0.721. The molecule has 0 aromatic rings. The summed E-state index contributed by atoms with van der Waals surface area (Å²) >= 11 is 0. The van der Waals surface area contributed by atoms with Gasteiger partial charge in [0.15, 0.2) is 0 Å². The summed E-state index contributed by atoms with van der Waals surface area (Å²) in [6, 6.07) is 0. The highest BCUT2D eigenvalue weighted by Crippen LogP contribution is 2.28. The van der Waals surface area contributed by atoms with Crippen LogP contribution in [0.4, 0.5) is 0 Å². The monoisotopic (exact) mass is 266 g/mol. The maximum Gasteiger partial charge on any atom is 0.246 e. The van der Waals surface area contributed by atoms with Crippen molar-refractivity contribution < 1.29 is 14.3 Å². The van der Waals surface area contributed by atoms with E-state index in [1.807, 2.05) is 0 Å². The lowest BCUT2D eigenvalue weighted by Gasteiger charge is -2.37. The van der Waals surface area contributed by atoms with Gasteiger partial charge >= 0.3 is 0 Å². The third-order valence-corrected chi connectivity index (χ3v) is 3.05. The number of amides is 1. The van der Waals surface area contributed by atoms with Gasteiger partial charge in [0.1, 0.15) is 6.61 Å². The van der Waals surface area contributed by atoms with Gasteiger partial charge in [-0.3, -0.25) is 4.79 Å². The van der Waals surface area contributed by atoms with Gasteiger partial charge < -0.3 is 20.1 Å². The smallest absolute Gasteiger partial charge is 0.246 e. The summed E-state index contributed by atoms with van der Waals surface area (Å²) in [7, 11) is 3.23. The van der Waals surface area contributed by atoms with Crippen LogP contribution in [-0.4, -0.2) is 53.0 Å². The number of methoxy groups -OCH3 is 2. The van der Waals surface area contributed by atoms with E-state index in [2.05, 4.69) is 10.6 Å². The molecule has 1 fully saturated rings. The van der Waals surface area contributed by atoms with Gasteiger partial charge in [0.2, 0.25) is 5.91 Å². The average molecular weight is 267 g/mol. The molecule has 0 unspecified atom stereocenters. The second-order valence-corrected chi connectivity index (χ2v) is 4.39. The lowest BCUT2D eigenvalue weighted by molar-refractivity contribution is -0.125. The van der Waals surface area contributed by atoms with Crippen LogP contribution in [0.5, 0.6) is 0 Å². The minimum Gasteiger partial charge on any atom is -0.384 e. The van der Waals surface area contributed by atoms with Crippen LogP contribution < -0.4 is 10.6 Å². The molecule has 2 N–H and O–H groups in total. The molecule has 1 heterocycles. The second-order valence-electron chi connectivity index (χ2n) is 4.39. The zero-order chi connectivity index (χ0) is 11.9. The van der Waals surface area contributed by atoms with E-state index in [0.717, 1.165) is 25.9 Å². The van der Waals surface area contributed by atoms with Crippen molar-refractivity contribution in [3.63, 3.8) is 0 Å². The molecule has 6 heteroatoms. The fourth-order valence-electron chi connectivity index (χ4n) is 2.10. The third kappa shape index (κ3) is 5.68. The molecule has 0 bridgehead atoms. The first-order valence-corrected chi connectivity index (χ1v) is 5.68. The Kier molecular flexibility index (Phi) is 8.51. The Morgan fingerprint density at radius 3 is 2.47 bits per heavy atom. The number of ether oxygens (including phenoxy) is 2. The fraction of sp³-hybridized carbons (Fsp3) is 0.909. The molecule has 0 aliphatic carbocycles. The van der Waals surface area contributed by atoms with Crippen molar-refractivity contribution in [3.8, 4) is 0 Å². The molecule has 1 saturated heterocycles. The van der Waals surface area contributed by atoms with Crippen molar-refractivity contribution >= 4 is 18.3 Å². The summed E-state index contributed by atoms with van der Waals surface area (Å²) < 4.78 is 10.0. The van der Waals surface area contributed by atoms with E-state index >= 15 is 0 Å². The summed E-state index contributed by atoms with van der Waals surface area (Å²) in [5.41, 5.74) is 0.0867. The number of carbonyl (C=O) groups excluding carboxylic acids is 1. The average Bonchev–Trinajstić information content (AvgIpc) is 2.29. The highest BCUT2D eigenvalue weighted by molar-refractivity contribution is 5.85. The lowest BCUT2D eigenvalue weighted by atomic mass is 9.79. The fourth-order valence-corrected chi connectivity index (χ4v) is 2.10. The molecule has 1 amide bonds. The molecule has 0 spiro atoms. The van der Waals surface area contributed by atoms with Gasteiger partial charge in [-0.25, -0.2) is 0 Å². The van der Waals surface area contributed by atoms with E-state index in [4.69, 9.17) is 9.47 Å². The van der Waals surface area contributed by atoms with E-state index in [9.17, 15) is 4.79 Å². The summed E-state index contributed by atoms with van der Waals surface area (Å²) in [6.07, 6.45) is 2.07. The van der Waals surface area contributed by atoms with Gasteiger partial charge in [0, 0.05) is 26.2 Å². The number of hydrogen-bond donors (Lipinski definition) is 2. The molecule has 0 aromatic carbocycles. The molecule has 1 aliphatic heterocycles. The topological polar surface area (TPSA) is 59.6 Å². The Hall–Kier alpha value is -0.360. The number of hydrogen-bond acceptors (Lipinski definition) is 4. The van der Waals surface area contributed by atoms with Gasteiger partial charge in [-0.2, -0.15) is 0 Å². The summed E-state index contributed by atoms with van der Waals surface area (Å²) in [4.78, 5) is 11.3. The van der Waals surface area contributed by atoms with Gasteiger partial charge in [0.25, 0.3) is 0 Å². The van der Waals surface area contributed by atoms with E-state index in [1.54, 1.807) is 7.11 Å². The second kappa shape index (κ2) is 8.69. The van der Waals surface area contributed by atoms with Crippen molar-refractivity contribution in [2.75, 3.05) is 47.1 Å². The number of rotatable bonds is 6. The molecule has 5 nitrogen and oxygen atoms in total. The Labute approximate surface area is 109 Å². The van der Waals surface area contributed by atoms with Crippen LogP contribution in [0.15, 0.2) is 0 Å². The molecule has 0 saturated carbocycles. The minimum absolute atomic E-state index is 0. The first kappa shape index (κ1) is 16.6. The van der Waals surface area contributed by atoms with Crippen LogP contribution in [-0.2, 0) is 14.3 Å². The summed E-state index contributed by atoms with van der Waals surface area (Å²) in [5, 5.41) is 6.22. The molecule has 0 aromatic heterocycles. The van der Waals surface area contributed by atoms with Crippen molar-refractivity contribution in [3.05, 3.63) is 0 Å². The van der Waals surface area contributed by atoms with Crippen LogP contribution in [0, 0.1) is 5.41 Å². The molecule has 1 aliphatic rings. The van der Waals surface area contributed by atoms with E-state index in [0.29, 0.717) is 13.2 Å². The zero-order valence-electron chi connectivity index (χ0n) is 10.6. The lowest BCUT2D eigenvalue weighted by Crippen LogP contribution is -2.47. The summed E-state index contributed by atoms with van der Waals surface area (Å²) in [5.74, 6) is -0.0588. The SMILES string of the molecule is COCC(=O)NCC1(COC)CCNCC1.Cl. The van der Waals surface area contributed by atoms with E-state index in [1.165, 1.54) is 7.11 Å². The molecular weight excluding hydrogens is 244 g/mol. The molecule has 17 heavy (non-hydrogen) atoms. The molecule has 0 radical (unpaired) electrons. The predicted octanol–water partition coefficient (Wildman–Crippen LogP) is 0.187. The third-order valence-electron chi connectivity index (χ3n) is 3.05. The molecule has 1 rings (SSSR count). The van der Waals surface area contributed by atoms with Gasteiger partial charge in [-0.05, 0) is 25.9 Å². The Morgan fingerprint density at radius 1 is 1.29 bits per heavy atom. The number of carbonyl (C=O) groups is 1. The Bertz CT molecular complexity index is 215. The number of nitrogens with one attached hydrogen (secondary N) is 2. The zero-order valence-corrected chi connectivity index (χ0v) is 11.4. The number of halogens is 1. The highest BCUT2D eigenvalue weighted by atomic mass is 35.5. The summed E-state index contributed by atoms with van der Waals surface area (Å²) in [6.45, 7) is 3.47. The van der Waals surface area contributed by atoms with Gasteiger partial charge in [0.05, 0.1) is 6.61 Å². The Morgan fingerprint density at radius 2 is 1.94 bits per heavy atom. The van der Waals surface area contributed by atoms with Crippen molar-refractivity contribution in [2.24, 2.45) is 5.41 Å². The number of piperidine rings is 1. The predicted molar refractivity (Wildman–Crippen MR) is 68.5 cm³/mol. The molecular formula is C11H23ClN2O3. The van der Waals surface area contributed by atoms with Crippen molar-refractivity contribution in [1.29, 1.82) is 0 Å². The van der Waals surface area contributed by atoms with Crippen LogP contribution >= 0.6 is 12.4 Å². The van der Waals surface area contributed by atoms with Gasteiger partial charge in [-0.1, -0.05) is 0 Å². The maximum atomic E-state index is 11.3. The van der Waals surface area contributed by atoms with Gasteiger partial charge in [-0.15, -0.1) is 12.4 Å². The first-order chi connectivity index (χ1) is 7.72. The highest BCUT2D eigenvalue weighted by Gasteiger charge is 2.32. The van der Waals surface area contributed by atoms with Crippen molar-refractivity contribution in [2.45, 2.75) is 12.8 Å². The Balaban J connectivity index is 0.00000256. The van der Waals surface area contributed by atoms with Crippen LogP contribution in [0.25, 0.3) is 0 Å². The first-order valence-electron chi connectivity index (χ1n) is 5.68. The normalized spacial score (nSPS) is 18.2. The van der Waals surface area contributed by atoms with E-state index < -0.39 is 0 Å². The minimum atomic E-state index is -0.0588. The van der Waals surface area contributed by atoms with Crippen LogP contribution in [0.1, 0.15) is 12.8 Å². The van der Waals surface area contributed by atoms with Crippen LogP contribution in [0.2, 0.25) is 0 Å². The van der Waals surface area contributed by atoms with Crippen molar-refractivity contribution in [1.82, 2.24) is 10.6 Å². The maximum absolute atomic E-state index is 11.3. The molecule has 102 valence electrons. The standard InChI is InChI=1S/C11H22N2O3.ClH/c1-15-7-10(14)13-8-11(9-16-2)3-5-12-6-4-11;/h12H,3-9H2,1-2H3,(H,13,14);1H.